The van der Waals surface area contributed by atoms with Gasteiger partial charge in [0.25, 0.3) is 0 Å². The summed E-state index contributed by atoms with van der Waals surface area (Å²) in [5, 5.41) is 8.16. The molecule has 7 heteroatoms. The first kappa shape index (κ1) is 20.7. The quantitative estimate of drug-likeness (QED) is 0.710. The Balaban J connectivity index is 1.88. The number of hydrogen-bond acceptors (Lipinski definition) is 4. The predicted molar refractivity (Wildman–Crippen MR) is 102 cm³/mol. The fraction of sp³-hybridized carbons (Fsp3) is 0.550. The average Bonchev–Trinajstić information content (AvgIpc) is 3.07. The van der Waals surface area contributed by atoms with Gasteiger partial charge in [0, 0.05) is 6.54 Å². The van der Waals surface area contributed by atoms with Crippen molar-refractivity contribution in [3.8, 4) is 0 Å². The Hall–Kier alpha value is -2.57. The van der Waals surface area contributed by atoms with E-state index in [-0.39, 0.29) is 12.5 Å². The minimum Gasteiger partial charge on any atom is -0.444 e. The third-order valence-corrected chi connectivity index (χ3v) is 4.36. The summed E-state index contributed by atoms with van der Waals surface area (Å²) in [4.78, 5) is 36.7. The minimum atomic E-state index is -0.915. The zero-order chi connectivity index (χ0) is 19.9. The largest absolute Gasteiger partial charge is 0.444 e. The number of alkyl carbamates (subject to hydrolysis) is 1. The van der Waals surface area contributed by atoms with Gasteiger partial charge in [0.15, 0.2) is 0 Å². The summed E-state index contributed by atoms with van der Waals surface area (Å²) in [6.45, 7) is 5.42. The van der Waals surface area contributed by atoms with E-state index < -0.39 is 23.1 Å². The van der Waals surface area contributed by atoms with Gasteiger partial charge in [0.1, 0.15) is 17.7 Å². The molecule has 0 aliphatic heterocycles. The topological polar surface area (TPSA) is 96.5 Å². The van der Waals surface area contributed by atoms with Gasteiger partial charge in [-0.05, 0) is 39.2 Å². The standard InChI is InChI=1S/C20H29N3O4/c1-19(2,3)27-18(26)22-14-16(24)23-20(11-7-8-12-20)17(25)21-13-15-9-5-4-6-10-15/h4-6,9-10H,7-8,11-14H2,1-3H3,(H,21,25)(H,22,26)(H,23,24). The summed E-state index contributed by atoms with van der Waals surface area (Å²) in [5.74, 6) is -0.591. The van der Waals surface area contributed by atoms with Crippen LogP contribution in [0.3, 0.4) is 0 Å². The molecule has 0 atom stereocenters. The Morgan fingerprint density at radius 1 is 1.04 bits per heavy atom. The molecular weight excluding hydrogens is 346 g/mol. The molecule has 0 unspecified atom stereocenters. The molecule has 7 nitrogen and oxygen atoms in total. The van der Waals surface area contributed by atoms with Gasteiger partial charge in [-0.1, -0.05) is 43.2 Å². The molecule has 2 rings (SSSR count). The van der Waals surface area contributed by atoms with Crippen molar-refractivity contribution in [1.29, 1.82) is 0 Å². The molecule has 0 bridgehead atoms. The first-order valence-electron chi connectivity index (χ1n) is 9.30. The van der Waals surface area contributed by atoms with Crippen LogP contribution in [0.15, 0.2) is 30.3 Å². The lowest BCUT2D eigenvalue weighted by molar-refractivity contribution is -0.133. The van der Waals surface area contributed by atoms with E-state index in [2.05, 4.69) is 16.0 Å². The zero-order valence-electron chi connectivity index (χ0n) is 16.3. The van der Waals surface area contributed by atoms with Gasteiger partial charge in [-0.25, -0.2) is 4.79 Å². The Morgan fingerprint density at radius 2 is 1.67 bits per heavy atom. The van der Waals surface area contributed by atoms with E-state index in [1.165, 1.54) is 0 Å². The first-order chi connectivity index (χ1) is 12.7. The summed E-state index contributed by atoms with van der Waals surface area (Å²) in [7, 11) is 0. The second kappa shape index (κ2) is 8.88. The van der Waals surface area contributed by atoms with Gasteiger partial charge >= 0.3 is 6.09 Å². The number of rotatable bonds is 6. The van der Waals surface area contributed by atoms with Crippen LogP contribution >= 0.6 is 0 Å². The predicted octanol–water partition coefficient (Wildman–Crippen LogP) is 2.26. The van der Waals surface area contributed by atoms with Gasteiger partial charge in [-0.2, -0.15) is 0 Å². The van der Waals surface area contributed by atoms with Crippen molar-refractivity contribution < 1.29 is 19.1 Å². The van der Waals surface area contributed by atoms with E-state index in [0.29, 0.717) is 19.4 Å². The normalized spacial score (nSPS) is 15.7. The highest BCUT2D eigenvalue weighted by atomic mass is 16.6. The Labute approximate surface area is 160 Å². The van der Waals surface area contributed by atoms with Gasteiger partial charge in [0.05, 0.1) is 0 Å². The van der Waals surface area contributed by atoms with Crippen molar-refractivity contribution in [3.63, 3.8) is 0 Å². The molecule has 0 radical (unpaired) electrons. The number of carbonyl (C=O) groups excluding carboxylic acids is 3. The number of amides is 3. The smallest absolute Gasteiger partial charge is 0.408 e. The van der Waals surface area contributed by atoms with Crippen LogP contribution in [0, 0.1) is 0 Å². The second-order valence-corrected chi connectivity index (χ2v) is 7.86. The molecule has 1 fully saturated rings. The average molecular weight is 375 g/mol. The molecule has 1 aromatic carbocycles. The number of nitrogens with one attached hydrogen (secondary N) is 3. The first-order valence-corrected chi connectivity index (χ1v) is 9.30. The molecule has 148 valence electrons. The van der Waals surface area contributed by atoms with E-state index in [0.717, 1.165) is 18.4 Å². The molecule has 1 aliphatic rings. The molecule has 3 N–H and O–H groups in total. The molecule has 27 heavy (non-hydrogen) atoms. The molecule has 0 heterocycles. The Bertz CT molecular complexity index is 662. The van der Waals surface area contributed by atoms with Crippen molar-refractivity contribution in [2.24, 2.45) is 0 Å². The van der Waals surface area contributed by atoms with Crippen LogP contribution in [0.5, 0.6) is 0 Å². The maximum Gasteiger partial charge on any atom is 0.408 e. The molecule has 3 amide bonds. The molecule has 0 saturated heterocycles. The molecule has 1 aliphatic carbocycles. The summed E-state index contributed by atoms with van der Waals surface area (Å²) < 4.78 is 5.11. The van der Waals surface area contributed by atoms with Crippen molar-refractivity contribution in [2.45, 2.75) is 64.1 Å². The monoisotopic (exact) mass is 375 g/mol. The number of ether oxygens (including phenoxy) is 1. The van der Waals surface area contributed by atoms with Crippen LogP contribution < -0.4 is 16.0 Å². The number of benzene rings is 1. The summed E-state index contributed by atoms with van der Waals surface area (Å²) in [6, 6.07) is 9.62. The Morgan fingerprint density at radius 3 is 2.26 bits per heavy atom. The zero-order valence-corrected chi connectivity index (χ0v) is 16.3. The molecule has 0 spiro atoms. The molecule has 0 aromatic heterocycles. The fourth-order valence-corrected chi connectivity index (χ4v) is 3.11. The lowest BCUT2D eigenvalue weighted by atomic mass is 9.96. The highest BCUT2D eigenvalue weighted by molar-refractivity contribution is 5.93. The van der Waals surface area contributed by atoms with E-state index in [9.17, 15) is 14.4 Å². The molecular formula is C20H29N3O4. The van der Waals surface area contributed by atoms with Crippen LogP contribution in [-0.2, 0) is 20.9 Å². The minimum absolute atomic E-state index is 0.186. The molecule has 1 aromatic rings. The van der Waals surface area contributed by atoms with Crippen LogP contribution in [0.2, 0.25) is 0 Å². The van der Waals surface area contributed by atoms with E-state index >= 15 is 0 Å². The molecule has 1 saturated carbocycles. The second-order valence-electron chi connectivity index (χ2n) is 7.86. The summed E-state index contributed by atoms with van der Waals surface area (Å²) in [6.07, 6.45) is 2.26. The van der Waals surface area contributed by atoms with E-state index in [4.69, 9.17) is 4.74 Å². The van der Waals surface area contributed by atoms with Crippen LogP contribution in [0.1, 0.15) is 52.0 Å². The third kappa shape index (κ3) is 6.58. The van der Waals surface area contributed by atoms with Crippen molar-refractivity contribution in [3.05, 3.63) is 35.9 Å². The SMILES string of the molecule is CC(C)(C)OC(=O)NCC(=O)NC1(C(=O)NCc2ccccc2)CCCC1. The number of carbonyl (C=O) groups is 3. The van der Waals surface area contributed by atoms with Crippen LogP contribution in [0.4, 0.5) is 4.79 Å². The maximum absolute atomic E-state index is 12.8. The van der Waals surface area contributed by atoms with Crippen molar-refractivity contribution in [1.82, 2.24) is 16.0 Å². The van der Waals surface area contributed by atoms with Gasteiger partial charge in [-0.15, -0.1) is 0 Å². The Kier molecular flexibility index (Phi) is 6.82. The van der Waals surface area contributed by atoms with Crippen LogP contribution in [0.25, 0.3) is 0 Å². The third-order valence-electron chi connectivity index (χ3n) is 4.36. The van der Waals surface area contributed by atoms with Crippen molar-refractivity contribution in [2.75, 3.05) is 6.54 Å². The fourth-order valence-electron chi connectivity index (χ4n) is 3.11. The van der Waals surface area contributed by atoms with Crippen molar-refractivity contribution >= 4 is 17.9 Å². The summed E-state index contributed by atoms with van der Waals surface area (Å²) >= 11 is 0. The highest BCUT2D eigenvalue weighted by Crippen LogP contribution is 2.30. The lowest BCUT2D eigenvalue weighted by Crippen LogP contribution is -2.58. The van der Waals surface area contributed by atoms with Crippen LogP contribution in [-0.4, -0.2) is 35.6 Å². The van der Waals surface area contributed by atoms with E-state index in [1.54, 1.807) is 20.8 Å². The van der Waals surface area contributed by atoms with Gasteiger partial charge in [0.2, 0.25) is 11.8 Å². The van der Waals surface area contributed by atoms with Gasteiger partial charge in [-0.3, -0.25) is 9.59 Å². The summed E-state index contributed by atoms with van der Waals surface area (Å²) in [5.41, 5.74) is -0.552. The lowest BCUT2D eigenvalue weighted by Gasteiger charge is -2.29. The highest BCUT2D eigenvalue weighted by Gasteiger charge is 2.42. The van der Waals surface area contributed by atoms with E-state index in [1.807, 2.05) is 30.3 Å². The van der Waals surface area contributed by atoms with Gasteiger partial charge < -0.3 is 20.7 Å². The maximum atomic E-state index is 12.8. The number of hydrogen-bond donors (Lipinski definition) is 3.